The fourth-order valence-electron chi connectivity index (χ4n) is 2.85. The summed E-state index contributed by atoms with van der Waals surface area (Å²) in [6.07, 6.45) is 4.39. The van der Waals surface area contributed by atoms with E-state index in [1.54, 1.807) is 6.26 Å². The highest BCUT2D eigenvalue weighted by Gasteiger charge is 2.09. The van der Waals surface area contributed by atoms with Gasteiger partial charge in [-0.25, -0.2) is 4.98 Å². The largest absolute Gasteiger partial charge is 0.461 e. The van der Waals surface area contributed by atoms with Gasteiger partial charge < -0.3 is 15.1 Å². The number of H-pyrrole nitrogens is 1. The fourth-order valence-corrected chi connectivity index (χ4v) is 2.85. The monoisotopic (exact) mass is 380 g/mol. The summed E-state index contributed by atoms with van der Waals surface area (Å²) < 4.78 is 5.31. The third-order valence-electron chi connectivity index (χ3n) is 4.33. The molecule has 7 nitrogen and oxygen atoms in total. The minimum Gasteiger partial charge on any atom is -0.461 e. The molecule has 1 unspecified atom stereocenters. The quantitative estimate of drug-likeness (QED) is 0.392. The summed E-state index contributed by atoms with van der Waals surface area (Å²) in [5.41, 5.74) is 1.36. The second kappa shape index (κ2) is 10.3. The molecule has 2 aromatic heterocycles. The van der Waals surface area contributed by atoms with E-state index in [0.717, 1.165) is 31.2 Å². The number of benzene rings is 1. The molecule has 0 radical (unpaired) electrons. The predicted molar refractivity (Wildman–Crippen MR) is 111 cm³/mol. The summed E-state index contributed by atoms with van der Waals surface area (Å²) in [7, 11) is 0. The van der Waals surface area contributed by atoms with Crippen molar-refractivity contribution in [3.05, 3.63) is 60.1 Å². The Hall–Kier alpha value is -3.09. The van der Waals surface area contributed by atoms with Gasteiger partial charge in [0.05, 0.1) is 6.26 Å². The van der Waals surface area contributed by atoms with E-state index in [9.17, 15) is 0 Å². The minimum absolute atomic E-state index is 0.328. The lowest BCUT2D eigenvalue weighted by Crippen LogP contribution is -2.42. The highest BCUT2D eigenvalue weighted by molar-refractivity contribution is 5.80. The molecule has 1 aromatic carbocycles. The Kier molecular flexibility index (Phi) is 7.23. The zero-order valence-corrected chi connectivity index (χ0v) is 16.5. The summed E-state index contributed by atoms with van der Waals surface area (Å²) >= 11 is 0. The normalized spacial score (nSPS) is 12.7. The van der Waals surface area contributed by atoms with Crippen molar-refractivity contribution in [2.75, 3.05) is 13.1 Å². The first-order chi connectivity index (χ1) is 13.7. The molecule has 3 aromatic rings. The van der Waals surface area contributed by atoms with Crippen LogP contribution in [0.1, 0.15) is 31.7 Å². The molecule has 3 N–H and O–H groups in total. The Morgan fingerprint density at radius 2 is 2.04 bits per heavy atom. The van der Waals surface area contributed by atoms with Gasteiger partial charge >= 0.3 is 0 Å². The number of aliphatic imine (C=N–C) groups is 1. The van der Waals surface area contributed by atoms with Crippen LogP contribution in [0, 0.1) is 0 Å². The van der Waals surface area contributed by atoms with E-state index in [-0.39, 0.29) is 0 Å². The molecule has 28 heavy (non-hydrogen) atoms. The van der Waals surface area contributed by atoms with Gasteiger partial charge in [0.15, 0.2) is 11.7 Å². The van der Waals surface area contributed by atoms with Crippen LogP contribution in [0.2, 0.25) is 0 Å². The van der Waals surface area contributed by atoms with Gasteiger partial charge in [0.2, 0.25) is 5.82 Å². The van der Waals surface area contributed by atoms with Crippen LogP contribution in [0.25, 0.3) is 11.6 Å². The van der Waals surface area contributed by atoms with Gasteiger partial charge in [-0.2, -0.15) is 5.10 Å². The van der Waals surface area contributed by atoms with Crippen molar-refractivity contribution >= 4 is 5.96 Å². The molecule has 0 saturated heterocycles. The Balaban J connectivity index is 1.48. The summed E-state index contributed by atoms with van der Waals surface area (Å²) in [6.45, 7) is 5.69. The molecular formula is C21H28N6O. The van der Waals surface area contributed by atoms with Gasteiger partial charge in [-0.3, -0.25) is 10.1 Å². The Morgan fingerprint density at radius 3 is 2.79 bits per heavy atom. The van der Waals surface area contributed by atoms with Crippen molar-refractivity contribution in [2.45, 2.75) is 39.2 Å². The van der Waals surface area contributed by atoms with Crippen molar-refractivity contribution < 1.29 is 4.42 Å². The van der Waals surface area contributed by atoms with Crippen molar-refractivity contribution in [2.24, 2.45) is 4.99 Å². The smallest absolute Gasteiger partial charge is 0.216 e. The SMILES string of the molecule is CCNC(=NCCc1nc(-c2ccco2)n[nH]1)NC(C)CCc1ccccc1. The third-order valence-corrected chi connectivity index (χ3v) is 4.33. The van der Waals surface area contributed by atoms with Gasteiger partial charge in [0, 0.05) is 25.6 Å². The molecule has 0 fully saturated rings. The molecule has 0 aliphatic carbocycles. The molecule has 2 heterocycles. The van der Waals surface area contributed by atoms with Crippen LogP contribution in [-0.4, -0.2) is 40.3 Å². The second-order valence-corrected chi connectivity index (χ2v) is 6.66. The summed E-state index contributed by atoms with van der Waals surface area (Å²) in [6, 6.07) is 14.5. The lowest BCUT2D eigenvalue weighted by Gasteiger charge is -2.17. The lowest BCUT2D eigenvalue weighted by atomic mass is 10.1. The Bertz CT molecular complexity index is 841. The van der Waals surface area contributed by atoms with E-state index in [1.165, 1.54) is 5.56 Å². The van der Waals surface area contributed by atoms with Crippen molar-refractivity contribution in [3.8, 4) is 11.6 Å². The number of rotatable bonds is 9. The average molecular weight is 380 g/mol. The van der Waals surface area contributed by atoms with Crippen LogP contribution in [0.3, 0.4) is 0 Å². The number of hydrogen-bond acceptors (Lipinski definition) is 4. The van der Waals surface area contributed by atoms with Crippen LogP contribution in [0.4, 0.5) is 0 Å². The molecule has 0 bridgehead atoms. The summed E-state index contributed by atoms with van der Waals surface area (Å²) in [4.78, 5) is 9.11. The molecule has 7 heteroatoms. The minimum atomic E-state index is 0.328. The van der Waals surface area contributed by atoms with E-state index < -0.39 is 0 Å². The first-order valence-electron chi connectivity index (χ1n) is 9.78. The van der Waals surface area contributed by atoms with Crippen LogP contribution >= 0.6 is 0 Å². The zero-order chi connectivity index (χ0) is 19.6. The van der Waals surface area contributed by atoms with E-state index in [1.807, 2.05) is 18.2 Å². The molecule has 148 valence electrons. The van der Waals surface area contributed by atoms with Gasteiger partial charge in [0.1, 0.15) is 5.82 Å². The average Bonchev–Trinajstić information content (AvgIpc) is 3.39. The molecule has 0 saturated carbocycles. The molecule has 0 aliphatic rings. The van der Waals surface area contributed by atoms with Crippen LogP contribution in [0.5, 0.6) is 0 Å². The van der Waals surface area contributed by atoms with Crippen molar-refractivity contribution in [1.29, 1.82) is 0 Å². The zero-order valence-electron chi connectivity index (χ0n) is 16.5. The number of hydrogen-bond donors (Lipinski definition) is 3. The number of aryl methyl sites for hydroxylation is 1. The molecule has 0 aliphatic heterocycles. The molecule has 1 atom stereocenters. The first-order valence-corrected chi connectivity index (χ1v) is 9.78. The van der Waals surface area contributed by atoms with Crippen LogP contribution in [0.15, 0.2) is 58.1 Å². The maximum atomic E-state index is 5.31. The van der Waals surface area contributed by atoms with E-state index >= 15 is 0 Å². The van der Waals surface area contributed by atoms with Gasteiger partial charge in [0.25, 0.3) is 0 Å². The van der Waals surface area contributed by atoms with Crippen molar-refractivity contribution in [1.82, 2.24) is 25.8 Å². The highest BCUT2D eigenvalue weighted by Crippen LogP contribution is 2.14. The number of aromatic nitrogens is 3. The maximum absolute atomic E-state index is 5.31. The number of aromatic amines is 1. The maximum Gasteiger partial charge on any atom is 0.216 e. The molecular weight excluding hydrogens is 352 g/mol. The third kappa shape index (κ3) is 5.97. The summed E-state index contributed by atoms with van der Waals surface area (Å²) in [5.74, 6) is 2.86. The Labute approximate surface area is 165 Å². The highest BCUT2D eigenvalue weighted by atomic mass is 16.3. The lowest BCUT2D eigenvalue weighted by molar-refractivity contribution is 0.577. The van der Waals surface area contributed by atoms with Crippen LogP contribution < -0.4 is 10.6 Å². The number of nitrogens with one attached hydrogen (secondary N) is 3. The van der Waals surface area contributed by atoms with Gasteiger partial charge in [-0.1, -0.05) is 30.3 Å². The first kappa shape index (κ1) is 19.7. The summed E-state index contributed by atoms with van der Waals surface area (Å²) in [5, 5.41) is 13.9. The fraction of sp³-hybridized carbons (Fsp3) is 0.381. The second-order valence-electron chi connectivity index (χ2n) is 6.66. The van der Waals surface area contributed by atoms with E-state index in [2.05, 4.69) is 68.9 Å². The molecule has 3 rings (SSSR count). The van der Waals surface area contributed by atoms with Crippen molar-refractivity contribution in [3.63, 3.8) is 0 Å². The number of furan rings is 1. The van der Waals surface area contributed by atoms with E-state index in [0.29, 0.717) is 30.6 Å². The number of nitrogens with zero attached hydrogens (tertiary/aromatic N) is 3. The number of guanidine groups is 1. The molecule has 0 spiro atoms. The standard InChI is InChI=1S/C21H28N6O/c1-3-22-21(24-16(2)11-12-17-8-5-4-6-9-17)23-14-13-19-25-20(27-26-19)18-10-7-15-28-18/h4-10,15-16H,3,11-14H2,1-2H3,(H2,22,23,24)(H,25,26,27). The van der Waals surface area contributed by atoms with Gasteiger partial charge in [-0.05, 0) is 44.4 Å². The Morgan fingerprint density at radius 1 is 1.18 bits per heavy atom. The van der Waals surface area contributed by atoms with Crippen LogP contribution in [-0.2, 0) is 12.8 Å². The van der Waals surface area contributed by atoms with E-state index in [4.69, 9.17) is 4.42 Å². The predicted octanol–water partition coefficient (Wildman–Crippen LogP) is 3.18. The van der Waals surface area contributed by atoms with Gasteiger partial charge in [-0.15, -0.1) is 0 Å². The topological polar surface area (TPSA) is 91.1 Å². The molecule has 0 amide bonds.